The van der Waals surface area contributed by atoms with Crippen LogP contribution in [0.1, 0.15) is 5.69 Å². The second-order valence-corrected chi connectivity index (χ2v) is 4.70. The van der Waals surface area contributed by atoms with Crippen molar-refractivity contribution in [2.45, 2.75) is 6.54 Å². The number of rotatable bonds is 2. The first kappa shape index (κ1) is 10.7. The summed E-state index contributed by atoms with van der Waals surface area (Å²) < 4.78 is 5.32. The summed E-state index contributed by atoms with van der Waals surface area (Å²) in [5.41, 5.74) is 1.95. The fourth-order valence-corrected chi connectivity index (χ4v) is 2.27. The normalized spacial score (nSPS) is 18.9. The van der Waals surface area contributed by atoms with Crippen LogP contribution in [0.25, 0.3) is 11.0 Å². The highest BCUT2D eigenvalue weighted by Crippen LogP contribution is 2.19. The van der Waals surface area contributed by atoms with E-state index in [0.29, 0.717) is 0 Å². The summed E-state index contributed by atoms with van der Waals surface area (Å²) in [5.74, 6) is 0. The van der Waals surface area contributed by atoms with Crippen molar-refractivity contribution in [1.29, 1.82) is 0 Å². The van der Waals surface area contributed by atoms with Gasteiger partial charge in [0.05, 0.1) is 0 Å². The van der Waals surface area contributed by atoms with Crippen LogP contribution in [0, 0.1) is 0 Å². The standard InChI is InChI=1S/C13H17N3O/c1-15-6-8-16(9-7-15)10-12-11-4-2-3-5-13(11)17-14-12/h2-5H,6-10H2,1H3. The molecule has 0 unspecified atom stereocenters. The molecule has 4 heteroatoms. The van der Waals surface area contributed by atoms with E-state index in [1.807, 2.05) is 18.2 Å². The number of benzene rings is 1. The van der Waals surface area contributed by atoms with Crippen molar-refractivity contribution in [3.63, 3.8) is 0 Å². The first-order chi connectivity index (χ1) is 8.33. The van der Waals surface area contributed by atoms with Crippen LogP contribution < -0.4 is 0 Å². The number of nitrogens with zero attached hydrogens (tertiary/aromatic N) is 3. The molecule has 0 saturated carbocycles. The van der Waals surface area contributed by atoms with Crippen LogP contribution in [-0.4, -0.2) is 48.2 Å². The van der Waals surface area contributed by atoms with Crippen LogP contribution in [0.5, 0.6) is 0 Å². The van der Waals surface area contributed by atoms with Gasteiger partial charge in [-0.25, -0.2) is 0 Å². The Kier molecular flexibility index (Phi) is 2.82. The number of piperazine rings is 1. The molecular weight excluding hydrogens is 214 g/mol. The molecule has 2 heterocycles. The van der Waals surface area contributed by atoms with Crippen molar-refractivity contribution in [3.05, 3.63) is 30.0 Å². The summed E-state index contributed by atoms with van der Waals surface area (Å²) in [6.45, 7) is 5.38. The predicted molar refractivity (Wildman–Crippen MR) is 66.8 cm³/mol. The molecule has 1 aliphatic rings. The van der Waals surface area contributed by atoms with Gasteiger partial charge in [-0.05, 0) is 19.2 Å². The molecule has 1 aliphatic heterocycles. The average molecular weight is 231 g/mol. The molecule has 0 bridgehead atoms. The van der Waals surface area contributed by atoms with Crippen molar-refractivity contribution >= 4 is 11.0 Å². The summed E-state index contributed by atoms with van der Waals surface area (Å²) >= 11 is 0. The molecular formula is C13H17N3O. The largest absolute Gasteiger partial charge is 0.356 e. The fourth-order valence-electron chi connectivity index (χ4n) is 2.27. The minimum absolute atomic E-state index is 0.886. The second-order valence-electron chi connectivity index (χ2n) is 4.70. The average Bonchev–Trinajstić information content (AvgIpc) is 2.76. The van der Waals surface area contributed by atoms with Gasteiger partial charge in [0.2, 0.25) is 0 Å². The molecule has 0 aliphatic carbocycles. The third-order valence-corrected chi connectivity index (χ3v) is 3.42. The molecule has 0 atom stereocenters. The fraction of sp³-hybridized carbons (Fsp3) is 0.462. The van der Waals surface area contributed by atoms with Crippen LogP contribution in [0.3, 0.4) is 0 Å². The van der Waals surface area contributed by atoms with Crippen LogP contribution >= 0.6 is 0 Å². The molecule has 17 heavy (non-hydrogen) atoms. The maximum absolute atomic E-state index is 5.32. The molecule has 1 saturated heterocycles. The Morgan fingerprint density at radius 1 is 1.18 bits per heavy atom. The lowest BCUT2D eigenvalue weighted by Gasteiger charge is -2.31. The summed E-state index contributed by atoms with van der Waals surface area (Å²) in [4.78, 5) is 4.79. The summed E-state index contributed by atoms with van der Waals surface area (Å²) in [5, 5.41) is 5.32. The molecule has 3 rings (SSSR count). The first-order valence-electron chi connectivity index (χ1n) is 6.07. The van der Waals surface area contributed by atoms with Crippen molar-refractivity contribution in [2.24, 2.45) is 0 Å². The highest BCUT2D eigenvalue weighted by molar-refractivity contribution is 5.79. The number of hydrogen-bond acceptors (Lipinski definition) is 4. The minimum atomic E-state index is 0.886. The third kappa shape index (κ3) is 2.18. The lowest BCUT2D eigenvalue weighted by Crippen LogP contribution is -2.43. The van der Waals surface area contributed by atoms with Crippen molar-refractivity contribution in [1.82, 2.24) is 15.0 Å². The zero-order chi connectivity index (χ0) is 11.7. The molecule has 1 aromatic heterocycles. The van der Waals surface area contributed by atoms with Gasteiger partial charge in [-0.2, -0.15) is 0 Å². The Labute approximate surface area is 101 Å². The van der Waals surface area contributed by atoms with E-state index in [0.717, 1.165) is 49.4 Å². The van der Waals surface area contributed by atoms with E-state index in [1.54, 1.807) is 0 Å². The molecule has 0 N–H and O–H groups in total. The second kappa shape index (κ2) is 4.47. The van der Waals surface area contributed by atoms with Gasteiger partial charge in [-0.3, -0.25) is 4.90 Å². The Hall–Kier alpha value is -1.39. The van der Waals surface area contributed by atoms with E-state index in [2.05, 4.69) is 28.1 Å². The highest BCUT2D eigenvalue weighted by Gasteiger charge is 2.16. The van der Waals surface area contributed by atoms with Crippen LogP contribution in [-0.2, 0) is 6.54 Å². The molecule has 0 amide bonds. The van der Waals surface area contributed by atoms with Gasteiger partial charge in [-0.15, -0.1) is 0 Å². The van der Waals surface area contributed by atoms with Crippen LogP contribution in [0.15, 0.2) is 28.8 Å². The van der Waals surface area contributed by atoms with E-state index < -0.39 is 0 Å². The summed E-state index contributed by atoms with van der Waals surface area (Å²) in [6.07, 6.45) is 0. The van der Waals surface area contributed by atoms with E-state index >= 15 is 0 Å². The van der Waals surface area contributed by atoms with Crippen LogP contribution in [0.2, 0.25) is 0 Å². The predicted octanol–water partition coefficient (Wildman–Crippen LogP) is 1.58. The van der Waals surface area contributed by atoms with Gasteiger partial charge in [0.25, 0.3) is 0 Å². The van der Waals surface area contributed by atoms with E-state index in [-0.39, 0.29) is 0 Å². The maximum Gasteiger partial charge on any atom is 0.167 e. The van der Waals surface area contributed by atoms with Crippen molar-refractivity contribution in [3.8, 4) is 0 Å². The van der Waals surface area contributed by atoms with Gasteiger partial charge >= 0.3 is 0 Å². The number of hydrogen-bond donors (Lipinski definition) is 0. The Morgan fingerprint density at radius 3 is 2.76 bits per heavy atom. The van der Waals surface area contributed by atoms with E-state index in [9.17, 15) is 0 Å². The number of aromatic nitrogens is 1. The topological polar surface area (TPSA) is 32.5 Å². The van der Waals surface area contributed by atoms with Gasteiger partial charge in [0.1, 0.15) is 5.69 Å². The lowest BCUT2D eigenvalue weighted by atomic mass is 10.2. The van der Waals surface area contributed by atoms with Crippen molar-refractivity contribution < 1.29 is 4.52 Å². The lowest BCUT2D eigenvalue weighted by molar-refractivity contribution is 0.146. The molecule has 0 spiro atoms. The summed E-state index contributed by atoms with van der Waals surface area (Å²) in [6, 6.07) is 8.06. The zero-order valence-corrected chi connectivity index (χ0v) is 10.1. The molecule has 0 radical (unpaired) electrons. The monoisotopic (exact) mass is 231 g/mol. The van der Waals surface area contributed by atoms with Crippen LogP contribution in [0.4, 0.5) is 0 Å². The van der Waals surface area contributed by atoms with E-state index in [1.165, 1.54) is 0 Å². The van der Waals surface area contributed by atoms with Gasteiger partial charge in [0, 0.05) is 38.1 Å². The molecule has 4 nitrogen and oxygen atoms in total. The van der Waals surface area contributed by atoms with Gasteiger partial charge < -0.3 is 9.42 Å². The van der Waals surface area contributed by atoms with E-state index in [4.69, 9.17) is 4.52 Å². The van der Waals surface area contributed by atoms with Gasteiger partial charge in [0.15, 0.2) is 5.58 Å². The smallest absolute Gasteiger partial charge is 0.167 e. The number of likely N-dealkylation sites (N-methyl/N-ethyl adjacent to an activating group) is 1. The SMILES string of the molecule is CN1CCN(Cc2noc3ccccc23)CC1. The van der Waals surface area contributed by atoms with Crippen molar-refractivity contribution in [2.75, 3.05) is 33.2 Å². The molecule has 90 valence electrons. The zero-order valence-electron chi connectivity index (χ0n) is 10.1. The molecule has 1 fully saturated rings. The number of para-hydroxylation sites is 1. The minimum Gasteiger partial charge on any atom is -0.356 e. The molecule has 2 aromatic rings. The van der Waals surface area contributed by atoms with Gasteiger partial charge in [-0.1, -0.05) is 17.3 Å². The maximum atomic E-state index is 5.32. The number of fused-ring (bicyclic) bond motifs is 1. The Balaban J connectivity index is 1.76. The summed E-state index contributed by atoms with van der Waals surface area (Å²) in [7, 11) is 2.17. The highest BCUT2D eigenvalue weighted by atomic mass is 16.5. The third-order valence-electron chi connectivity index (χ3n) is 3.42. The first-order valence-corrected chi connectivity index (χ1v) is 6.07. The Bertz CT molecular complexity index is 500. The quantitative estimate of drug-likeness (QED) is 0.785. The Morgan fingerprint density at radius 2 is 1.94 bits per heavy atom. The molecule has 1 aromatic carbocycles.